The number of hydrogen-bond acceptors (Lipinski definition) is 5. The maximum absolute atomic E-state index is 12.5. The summed E-state index contributed by atoms with van der Waals surface area (Å²) < 4.78 is 6.64. The van der Waals surface area contributed by atoms with Crippen LogP contribution in [-0.2, 0) is 17.0 Å². The third-order valence-corrected chi connectivity index (χ3v) is 5.09. The van der Waals surface area contributed by atoms with Gasteiger partial charge in [0.15, 0.2) is 5.16 Å². The SMILES string of the molecule is COCCCn1c(SCc2cccc(C(=O)Nc3ccccc3)c2)n[nH]c1=O. The number of methoxy groups -OCH3 is 1. The fourth-order valence-electron chi connectivity index (χ4n) is 2.65. The molecule has 0 saturated carbocycles. The number of carbonyl (C=O) groups excluding carboxylic acids is 1. The van der Waals surface area contributed by atoms with Crippen molar-refractivity contribution in [1.82, 2.24) is 14.8 Å². The molecule has 0 fully saturated rings. The molecule has 1 amide bonds. The first kappa shape index (κ1) is 19.9. The van der Waals surface area contributed by atoms with Crippen LogP contribution < -0.4 is 11.0 Å². The molecule has 1 heterocycles. The summed E-state index contributed by atoms with van der Waals surface area (Å²) in [5, 5.41) is 10.1. The van der Waals surface area contributed by atoms with E-state index in [1.165, 1.54) is 11.8 Å². The molecule has 0 spiro atoms. The van der Waals surface area contributed by atoms with Gasteiger partial charge in [-0.05, 0) is 36.2 Å². The molecule has 0 aliphatic heterocycles. The Morgan fingerprint density at radius 1 is 1.21 bits per heavy atom. The summed E-state index contributed by atoms with van der Waals surface area (Å²) in [5.41, 5.74) is 2.09. The second-order valence-electron chi connectivity index (χ2n) is 6.12. The van der Waals surface area contributed by atoms with E-state index in [1.54, 1.807) is 17.7 Å². The Bertz CT molecular complexity index is 969. The number of amides is 1. The van der Waals surface area contributed by atoms with Gasteiger partial charge in [-0.15, -0.1) is 5.10 Å². The molecular formula is C20H22N4O3S. The zero-order valence-corrected chi connectivity index (χ0v) is 16.4. The van der Waals surface area contributed by atoms with Gasteiger partial charge in [-0.1, -0.05) is 42.1 Å². The summed E-state index contributed by atoms with van der Waals surface area (Å²) in [7, 11) is 1.63. The number of ether oxygens (including phenoxy) is 1. The molecule has 0 saturated heterocycles. The third-order valence-electron chi connectivity index (χ3n) is 4.04. The van der Waals surface area contributed by atoms with Crippen LogP contribution in [0.5, 0.6) is 0 Å². The van der Waals surface area contributed by atoms with Crippen molar-refractivity contribution in [2.24, 2.45) is 0 Å². The van der Waals surface area contributed by atoms with Crippen LogP contribution in [0, 0.1) is 0 Å². The number of benzene rings is 2. The number of H-pyrrole nitrogens is 1. The Balaban J connectivity index is 1.64. The molecule has 3 aromatic rings. The lowest BCUT2D eigenvalue weighted by Crippen LogP contribution is -2.18. The summed E-state index contributed by atoms with van der Waals surface area (Å²) in [4.78, 5) is 24.4. The fourth-order valence-corrected chi connectivity index (χ4v) is 3.57. The van der Waals surface area contributed by atoms with Gasteiger partial charge in [-0.2, -0.15) is 0 Å². The van der Waals surface area contributed by atoms with E-state index in [2.05, 4.69) is 15.5 Å². The van der Waals surface area contributed by atoms with Crippen LogP contribution >= 0.6 is 11.8 Å². The number of para-hydroxylation sites is 1. The molecule has 0 unspecified atom stereocenters. The Hall–Kier alpha value is -2.84. The largest absolute Gasteiger partial charge is 0.385 e. The van der Waals surface area contributed by atoms with Gasteiger partial charge in [0.1, 0.15) is 0 Å². The molecule has 28 heavy (non-hydrogen) atoms. The zero-order chi connectivity index (χ0) is 19.8. The van der Waals surface area contributed by atoms with E-state index in [0.717, 1.165) is 17.7 Å². The first-order valence-electron chi connectivity index (χ1n) is 8.89. The fraction of sp³-hybridized carbons (Fsp3) is 0.250. The maximum atomic E-state index is 12.5. The lowest BCUT2D eigenvalue weighted by molar-refractivity contribution is 0.102. The summed E-state index contributed by atoms with van der Waals surface area (Å²) in [6, 6.07) is 16.8. The highest BCUT2D eigenvalue weighted by Crippen LogP contribution is 2.21. The maximum Gasteiger partial charge on any atom is 0.343 e. The molecule has 0 aliphatic carbocycles. The average Bonchev–Trinajstić information content (AvgIpc) is 3.07. The molecule has 8 heteroatoms. The van der Waals surface area contributed by atoms with E-state index in [-0.39, 0.29) is 11.6 Å². The van der Waals surface area contributed by atoms with Crippen molar-refractivity contribution in [2.45, 2.75) is 23.9 Å². The summed E-state index contributed by atoms with van der Waals surface area (Å²) in [6.07, 6.45) is 0.735. The number of rotatable bonds is 9. The number of carbonyl (C=O) groups is 1. The van der Waals surface area contributed by atoms with Gasteiger partial charge in [-0.25, -0.2) is 9.89 Å². The summed E-state index contributed by atoms with van der Waals surface area (Å²) in [5.74, 6) is 0.440. The highest BCUT2D eigenvalue weighted by Gasteiger charge is 2.11. The molecule has 146 valence electrons. The zero-order valence-electron chi connectivity index (χ0n) is 15.6. The standard InChI is InChI=1S/C20H22N4O3S/c1-27-12-6-11-24-19(26)22-23-20(24)28-14-15-7-5-8-16(13-15)18(25)21-17-9-3-2-4-10-17/h2-5,7-10,13H,6,11-12,14H2,1H3,(H,21,25)(H,22,26). The predicted molar refractivity (Wildman–Crippen MR) is 110 cm³/mol. The molecule has 2 N–H and O–H groups in total. The second-order valence-corrected chi connectivity index (χ2v) is 7.06. The van der Waals surface area contributed by atoms with E-state index >= 15 is 0 Å². The Morgan fingerprint density at radius 3 is 2.82 bits per heavy atom. The topological polar surface area (TPSA) is 89.0 Å². The minimum Gasteiger partial charge on any atom is -0.385 e. The van der Waals surface area contributed by atoms with E-state index in [0.29, 0.717) is 29.6 Å². The molecule has 7 nitrogen and oxygen atoms in total. The van der Waals surface area contributed by atoms with Crippen molar-refractivity contribution < 1.29 is 9.53 Å². The van der Waals surface area contributed by atoms with Crippen LogP contribution in [0.3, 0.4) is 0 Å². The molecule has 1 aromatic heterocycles. The van der Waals surface area contributed by atoms with Crippen LogP contribution in [0.15, 0.2) is 64.5 Å². The van der Waals surface area contributed by atoms with Crippen LogP contribution in [0.4, 0.5) is 5.69 Å². The lowest BCUT2D eigenvalue weighted by atomic mass is 10.1. The number of thioether (sulfide) groups is 1. The Kier molecular flexibility index (Phi) is 7.05. The van der Waals surface area contributed by atoms with Gasteiger partial charge in [0, 0.05) is 37.3 Å². The summed E-state index contributed by atoms with van der Waals surface area (Å²) in [6.45, 7) is 1.13. The highest BCUT2D eigenvalue weighted by atomic mass is 32.2. The number of anilines is 1. The second kappa shape index (κ2) is 9.91. The van der Waals surface area contributed by atoms with E-state index in [1.807, 2.05) is 48.5 Å². The smallest absolute Gasteiger partial charge is 0.343 e. The normalized spacial score (nSPS) is 10.8. The molecular weight excluding hydrogens is 376 g/mol. The number of nitrogens with one attached hydrogen (secondary N) is 2. The van der Waals surface area contributed by atoms with Crippen molar-refractivity contribution in [3.05, 3.63) is 76.2 Å². The Morgan fingerprint density at radius 2 is 2.04 bits per heavy atom. The minimum atomic E-state index is -0.227. The van der Waals surface area contributed by atoms with Crippen molar-refractivity contribution in [2.75, 3.05) is 19.0 Å². The highest BCUT2D eigenvalue weighted by molar-refractivity contribution is 7.98. The van der Waals surface area contributed by atoms with Crippen LogP contribution in [0.2, 0.25) is 0 Å². The van der Waals surface area contributed by atoms with Gasteiger partial charge in [0.2, 0.25) is 0 Å². The first-order chi connectivity index (χ1) is 13.7. The summed E-state index contributed by atoms with van der Waals surface area (Å²) >= 11 is 1.45. The number of aromatic amines is 1. The molecule has 0 bridgehead atoms. The van der Waals surface area contributed by atoms with Gasteiger partial charge in [0.25, 0.3) is 5.91 Å². The average molecular weight is 398 g/mol. The number of aromatic nitrogens is 3. The minimum absolute atomic E-state index is 0.158. The monoisotopic (exact) mass is 398 g/mol. The molecule has 3 rings (SSSR count). The number of hydrogen-bond donors (Lipinski definition) is 2. The molecule has 0 aliphatic rings. The van der Waals surface area contributed by atoms with Crippen molar-refractivity contribution in [3.63, 3.8) is 0 Å². The lowest BCUT2D eigenvalue weighted by Gasteiger charge is -2.08. The van der Waals surface area contributed by atoms with Crippen molar-refractivity contribution in [3.8, 4) is 0 Å². The molecule has 2 aromatic carbocycles. The van der Waals surface area contributed by atoms with E-state index in [4.69, 9.17) is 4.74 Å². The van der Waals surface area contributed by atoms with Crippen LogP contribution in [-0.4, -0.2) is 34.4 Å². The first-order valence-corrected chi connectivity index (χ1v) is 9.88. The predicted octanol–water partition coefficient (Wildman–Crippen LogP) is 3.15. The van der Waals surface area contributed by atoms with E-state index < -0.39 is 0 Å². The van der Waals surface area contributed by atoms with Gasteiger partial charge >= 0.3 is 5.69 Å². The van der Waals surface area contributed by atoms with E-state index in [9.17, 15) is 9.59 Å². The van der Waals surface area contributed by atoms with Crippen molar-refractivity contribution in [1.29, 1.82) is 0 Å². The van der Waals surface area contributed by atoms with Crippen LogP contribution in [0.1, 0.15) is 22.3 Å². The van der Waals surface area contributed by atoms with Gasteiger partial charge in [0.05, 0.1) is 0 Å². The quantitative estimate of drug-likeness (QED) is 0.427. The van der Waals surface area contributed by atoms with Crippen LogP contribution in [0.25, 0.3) is 0 Å². The van der Waals surface area contributed by atoms with Crippen molar-refractivity contribution >= 4 is 23.4 Å². The Labute approximate surface area is 167 Å². The third kappa shape index (κ3) is 5.34. The molecule has 0 atom stereocenters. The molecule has 0 radical (unpaired) electrons. The van der Waals surface area contributed by atoms with Gasteiger partial charge < -0.3 is 10.1 Å². The number of nitrogens with zero attached hydrogens (tertiary/aromatic N) is 2. The van der Waals surface area contributed by atoms with Gasteiger partial charge in [-0.3, -0.25) is 9.36 Å².